The summed E-state index contributed by atoms with van der Waals surface area (Å²) in [6.07, 6.45) is -0.335. The van der Waals surface area contributed by atoms with E-state index in [9.17, 15) is 26.3 Å². The molecule has 1 aromatic carbocycles. The molecule has 1 aliphatic rings. The maximum atomic E-state index is 13.8. The Kier molecular flexibility index (Phi) is 6.96. The van der Waals surface area contributed by atoms with Gasteiger partial charge in [-0.25, -0.2) is 22.0 Å². The minimum atomic E-state index is -2.20. The summed E-state index contributed by atoms with van der Waals surface area (Å²) in [5.41, 5.74) is -0.953. The fraction of sp³-hybridized carbons (Fsp3) is 0.538. The monoisotopic (exact) mass is 348 g/mol. The van der Waals surface area contributed by atoms with E-state index in [0.717, 1.165) is 0 Å². The zero-order valence-corrected chi connectivity index (χ0v) is 12.3. The van der Waals surface area contributed by atoms with E-state index in [2.05, 4.69) is 5.32 Å². The molecule has 126 valence electrons. The number of alkyl halides is 1. The highest BCUT2D eigenvalue weighted by atomic mass is 35.5. The van der Waals surface area contributed by atoms with Crippen LogP contribution in [0.2, 0.25) is 0 Å². The van der Waals surface area contributed by atoms with Crippen LogP contribution < -0.4 is 5.32 Å². The number of piperazine rings is 1. The molecule has 0 spiro atoms. The van der Waals surface area contributed by atoms with Gasteiger partial charge in [0.15, 0.2) is 23.3 Å². The standard InChI is InChI=1S/C13H14F6N2.ClH/c14-2-1-7(21-5-3-20-4-6-21)8-9(15)11(17)13(19)12(18)10(8)16;/h7,20H,1-6H2;1H/t7-;/m0./s1. The SMILES string of the molecule is Cl.FCC[C@@H](c1c(F)c(F)c(F)c(F)c1F)N1CCNCC1. The van der Waals surface area contributed by atoms with E-state index >= 15 is 0 Å². The molecular weight excluding hydrogens is 334 g/mol. The molecule has 0 saturated carbocycles. The summed E-state index contributed by atoms with van der Waals surface area (Å²) in [4.78, 5) is 1.52. The molecule has 2 rings (SSSR count). The molecule has 1 atom stereocenters. The highest BCUT2D eigenvalue weighted by molar-refractivity contribution is 5.85. The highest BCUT2D eigenvalue weighted by Gasteiger charge is 2.33. The molecule has 0 radical (unpaired) electrons. The molecule has 0 bridgehead atoms. The summed E-state index contributed by atoms with van der Waals surface area (Å²) >= 11 is 0. The van der Waals surface area contributed by atoms with Crippen LogP contribution in [0.4, 0.5) is 26.3 Å². The van der Waals surface area contributed by atoms with Crippen LogP contribution in [0.3, 0.4) is 0 Å². The molecule has 0 aromatic heterocycles. The Morgan fingerprint density at radius 1 is 0.864 bits per heavy atom. The number of hydrogen-bond acceptors (Lipinski definition) is 2. The molecule has 9 heteroatoms. The number of hydrogen-bond donors (Lipinski definition) is 1. The van der Waals surface area contributed by atoms with Gasteiger partial charge >= 0.3 is 0 Å². The van der Waals surface area contributed by atoms with E-state index in [-0.39, 0.29) is 18.8 Å². The third kappa shape index (κ3) is 3.49. The number of nitrogens with one attached hydrogen (secondary N) is 1. The molecule has 1 fully saturated rings. The summed E-state index contributed by atoms with van der Waals surface area (Å²) in [6, 6.07) is -1.18. The van der Waals surface area contributed by atoms with Crippen LogP contribution in [0.25, 0.3) is 0 Å². The van der Waals surface area contributed by atoms with Crippen molar-refractivity contribution in [2.45, 2.75) is 12.5 Å². The smallest absolute Gasteiger partial charge is 0.200 e. The fourth-order valence-electron chi connectivity index (χ4n) is 2.52. The van der Waals surface area contributed by atoms with Crippen molar-refractivity contribution in [2.75, 3.05) is 32.9 Å². The van der Waals surface area contributed by atoms with Crippen LogP contribution >= 0.6 is 12.4 Å². The van der Waals surface area contributed by atoms with Gasteiger partial charge in [-0.3, -0.25) is 9.29 Å². The van der Waals surface area contributed by atoms with Crippen LogP contribution in [-0.4, -0.2) is 37.8 Å². The predicted octanol–water partition coefficient (Wildman–Crippen LogP) is 3.11. The first kappa shape index (κ1) is 19.1. The van der Waals surface area contributed by atoms with Crippen molar-refractivity contribution in [1.82, 2.24) is 10.2 Å². The van der Waals surface area contributed by atoms with Crippen LogP contribution in [0, 0.1) is 29.1 Å². The Labute approximate surface area is 129 Å². The zero-order valence-electron chi connectivity index (χ0n) is 11.4. The Hall–Kier alpha value is -0.990. The van der Waals surface area contributed by atoms with Gasteiger partial charge in [-0.15, -0.1) is 12.4 Å². The summed E-state index contributed by atoms with van der Waals surface area (Å²) in [5, 5.41) is 2.99. The van der Waals surface area contributed by atoms with Gasteiger partial charge in [0.05, 0.1) is 6.67 Å². The van der Waals surface area contributed by atoms with Gasteiger partial charge in [0.25, 0.3) is 0 Å². The maximum absolute atomic E-state index is 13.8. The summed E-state index contributed by atoms with van der Waals surface area (Å²) in [5.74, 6) is -9.97. The van der Waals surface area contributed by atoms with Crippen LogP contribution in [0.15, 0.2) is 0 Å². The van der Waals surface area contributed by atoms with Gasteiger partial charge < -0.3 is 5.32 Å². The van der Waals surface area contributed by atoms with Crippen LogP contribution in [0.5, 0.6) is 0 Å². The lowest BCUT2D eigenvalue weighted by Crippen LogP contribution is -2.45. The van der Waals surface area contributed by atoms with Crippen molar-refractivity contribution >= 4 is 12.4 Å². The number of rotatable bonds is 4. The van der Waals surface area contributed by atoms with Crippen molar-refractivity contribution in [2.24, 2.45) is 0 Å². The highest BCUT2D eigenvalue weighted by Crippen LogP contribution is 2.33. The number of benzene rings is 1. The fourth-order valence-corrected chi connectivity index (χ4v) is 2.52. The molecule has 1 saturated heterocycles. The summed E-state index contributed by atoms with van der Waals surface area (Å²) in [6.45, 7) is 0.749. The molecule has 1 N–H and O–H groups in total. The number of nitrogens with zero attached hydrogens (tertiary/aromatic N) is 1. The normalized spacial score (nSPS) is 17.2. The molecule has 2 nitrogen and oxygen atoms in total. The average Bonchev–Trinajstić information content (AvgIpc) is 2.51. The van der Waals surface area contributed by atoms with Gasteiger partial charge in [0.1, 0.15) is 0 Å². The molecule has 1 aromatic rings. The quantitative estimate of drug-likeness (QED) is 0.511. The molecule has 22 heavy (non-hydrogen) atoms. The van der Waals surface area contributed by atoms with E-state index in [4.69, 9.17) is 0 Å². The summed E-state index contributed by atoms with van der Waals surface area (Å²) < 4.78 is 80.0. The second-order valence-corrected chi connectivity index (χ2v) is 4.76. The van der Waals surface area contributed by atoms with Crippen molar-refractivity contribution < 1.29 is 26.3 Å². The zero-order chi connectivity index (χ0) is 15.6. The maximum Gasteiger partial charge on any atom is 0.200 e. The van der Waals surface area contributed by atoms with Gasteiger partial charge in [0.2, 0.25) is 5.82 Å². The van der Waals surface area contributed by atoms with E-state index in [1.165, 1.54) is 4.90 Å². The third-order valence-corrected chi connectivity index (χ3v) is 3.55. The Balaban J connectivity index is 0.00000242. The van der Waals surface area contributed by atoms with Crippen molar-refractivity contribution in [3.8, 4) is 0 Å². The van der Waals surface area contributed by atoms with E-state index in [1.807, 2.05) is 0 Å². The van der Waals surface area contributed by atoms with E-state index in [1.54, 1.807) is 0 Å². The molecule has 1 heterocycles. The first-order valence-corrected chi connectivity index (χ1v) is 6.51. The Morgan fingerprint density at radius 3 is 1.77 bits per heavy atom. The van der Waals surface area contributed by atoms with Gasteiger partial charge in [-0.05, 0) is 6.42 Å². The third-order valence-electron chi connectivity index (χ3n) is 3.55. The molecule has 0 unspecified atom stereocenters. The molecule has 0 amide bonds. The topological polar surface area (TPSA) is 15.3 Å². The Morgan fingerprint density at radius 2 is 1.32 bits per heavy atom. The minimum absolute atomic E-state index is 0. The second kappa shape index (κ2) is 8.03. The van der Waals surface area contributed by atoms with E-state index in [0.29, 0.717) is 26.2 Å². The first-order chi connectivity index (χ1) is 9.99. The lowest BCUT2D eigenvalue weighted by atomic mass is 9.99. The van der Waals surface area contributed by atoms with Crippen molar-refractivity contribution in [3.05, 3.63) is 34.6 Å². The second-order valence-electron chi connectivity index (χ2n) is 4.76. The average molecular weight is 349 g/mol. The molecule has 1 aliphatic heterocycles. The van der Waals surface area contributed by atoms with Gasteiger partial charge in [-0.2, -0.15) is 0 Å². The lowest BCUT2D eigenvalue weighted by Gasteiger charge is -2.35. The summed E-state index contributed by atoms with van der Waals surface area (Å²) in [7, 11) is 0. The molecular formula is C13H15ClF6N2. The number of halogens is 7. The lowest BCUT2D eigenvalue weighted by molar-refractivity contribution is 0.148. The largest absolute Gasteiger partial charge is 0.314 e. The van der Waals surface area contributed by atoms with Crippen molar-refractivity contribution in [1.29, 1.82) is 0 Å². The van der Waals surface area contributed by atoms with E-state index < -0.39 is 47.4 Å². The minimum Gasteiger partial charge on any atom is -0.314 e. The predicted molar refractivity (Wildman–Crippen MR) is 71.3 cm³/mol. The van der Waals surface area contributed by atoms with Crippen molar-refractivity contribution in [3.63, 3.8) is 0 Å². The van der Waals surface area contributed by atoms with Crippen LogP contribution in [0.1, 0.15) is 18.0 Å². The van der Waals surface area contributed by atoms with Crippen LogP contribution in [-0.2, 0) is 0 Å². The van der Waals surface area contributed by atoms with Gasteiger partial charge in [-0.1, -0.05) is 0 Å². The first-order valence-electron chi connectivity index (χ1n) is 6.51. The van der Waals surface area contributed by atoms with Gasteiger partial charge in [0, 0.05) is 37.8 Å². The Bertz CT molecular complexity index is 493. The molecule has 0 aliphatic carbocycles.